The summed E-state index contributed by atoms with van der Waals surface area (Å²) in [5.41, 5.74) is 1.88. The third kappa shape index (κ3) is 5.18. The Morgan fingerprint density at radius 1 is 0.848 bits per heavy atom. The number of hydrogen-bond donors (Lipinski definition) is 1. The molecule has 0 saturated carbocycles. The van der Waals surface area contributed by atoms with E-state index in [1.807, 2.05) is 0 Å². The van der Waals surface area contributed by atoms with E-state index in [-0.39, 0.29) is 28.7 Å². The zero-order valence-corrected chi connectivity index (χ0v) is 19.9. The molecule has 0 aliphatic heterocycles. The minimum absolute atomic E-state index is 0.107. The highest BCUT2D eigenvalue weighted by Crippen LogP contribution is 2.56. The van der Waals surface area contributed by atoms with Gasteiger partial charge in [0, 0.05) is 31.0 Å². The van der Waals surface area contributed by atoms with E-state index in [0.29, 0.717) is 11.5 Å². The maximum Gasteiger partial charge on any atom is 0.335 e. The largest absolute Gasteiger partial charge is 0.485 e. The number of fused-ring (bicyclic) bond motifs is 1. The van der Waals surface area contributed by atoms with Gasteiger partial charge in [-0.25, -0.2) is 4.79 Å². The van der Waals surface area contributed by atoms with Gasteiger partial charge in [0.05, 0.1) is 5.56 Å². The molecule has 0 radical (unpaired) electrons. The van der Waals surface area contributed by atoms with Crippen molar-refractivity contribution in [3.8, 4) is 17.2 Å². The first-order valence-electron chi connectivity index (χ1n) is 10.9. The molecule has 0 heterocycles. The second-order valence-electron chi connectivity index (χ2n) is 9.70. The molecule has 0 amide bonds. The van der Waals surface area contributed by atoms with Gasteiger partial charge in [0.1, 0.15) is 12.4 Å². The normalized spacial score (nSPS) is 15.8. The van der Waals surface area contributed by atoms with E-state index in [4.69, 9.17) is 19.3 Å². The van der Waals surface area contributed by atoms with E-state index in [1.54, 1.807) is 18.2 Å². The maximum atomic E-state index is 12.0. The summed E-state index contributed by atoms with van der Waals surface area (Å²) in [5, 5.41) is 9.09. The number of benzene rings is 2. The molecule has 176 valence electrons. The van der Waals surface area contributed by atoms with Crippen molar-refractivity contribution in [3.05, 3.63) is 52.6 Å². The molecule has 0 unspecified atom stereocenters. The SMILES string of the molecule is CC(=O)Oc1cc(OCc2ccc(C(=O)O)cc2)c(OC(C)=O)c2c1C(C)(C)CCC2(C)C. The topological polar surface area (TPSA) is 99.1 Å². The molecule has 0 saturated heterocycles. The second kappa shape index (κ2) is 8.89. The number of hydrogen-bond acceptors (Lipinski definition) is 6. The number of carbonyl (C=O) groups is 3. The molecule has 3 rings (SSSR count). The fraction of sp³-hybridized carbons (Fsp3) is 0.423. The van der Waals surface area contributed by atoms with E-state index < -0.39 is 17.9 Å². The molecule has 33 heavy (non-hydrogen) atoms. The molecule has 7 nitrogen and oxygen atoms in total. The summed E-state index contributed by atoms with van der Waals surface area (Å²) in [6, 6.07) is 7.92. The van der Waals surface area contributed by atoms with Crippen LogP contribution < -0.4 is 14.2 Å². The molecule has 0 spiro atoms. The number of carboxylic acid groups (broad SMARTS) is 1. The smallest absolute Gasteiger partial charge is 0.335 e. The molecule has 1 aliphatic carbocycles. The van der Waals surface area contributed by atoms with E-state index in [2.05, 4.69) is 27.7 Å². The second-order valence-corrected chi connectivity index (χ2v) is 9.70. The van der Waals surface area contributed by atoms with Crippen LogP contribution in [-0.2, 0) is 27.0 Å². The summed E-state index contributed by atoms with van der Waals surface area (Å²) in [6.45, 7) is 11.1. The molecule has 2 aromatic carbocycles. The molecule has 1 N–H and O–H groups in total. The van der Waals surface area contributed by atoms with Crippen LogP contribution in [-0.4, -0.2) is 23.0 Å². The van der Waals surface area contributed by atoms with Gasteiger partial charge in [0.2, 0.25) is 0 Å². The number of carboxylic acids is 1. The Morgan fingerprint density at radius 3 is 1.91 bits per heavy atom. The lowest BCUT2D eigenvalue weighted by molar-refractivity contribution is -0.133. The quantitative estimate of drug-likeness (QED) is 0.475. The van der Waals surface area contributed by atoms with Crippen molar-refractivity contribution in [2.24, 2.45) is 0 Å². The molecule has 0 fully saturated rings. The fourth-order valence-corrected chi connectivity index (χ4v) is 4.30. The van der Waals surface area contributed by atoms with Gasteiger partial charge in [-0.3, -0.25) is 9.59 Å². The van der Waals surface area contributed by atoms with Crippen LogP contribution in [0.25, 0.3) is 0 Å². The summed E-state index contributed by atoms with van der Waals surface area (Å²) in [6.07, 6.45) is 1.72. The van der Waals surface area contributed by atoms with Crippen molar-refractivity contribution in [2.45, 2.75) is 71.8 Å². The average Bonchev–Trinajstić information content (AvgIpc) is 2.70. The minimum Gasteiger partial charge on any atom is -0.485 e. The van der Waals surface area contributed by atoms with E-state index >= 15 is 0 Å². The predicted molar refractivity (Wildman–Crippen MR) is 122 cm³/mol. The van der Waals surface area contributed by atoms with Crippen LogP contribution in [0.4, 0.5) is 0 Å². The predicted octanol–water partition coefficient (Wildman–Crippen LogP) is 5.16. The third-order valence-corrected chi connectivity index (χ3v) is 6.03. The van der Waals surface area contributed by atoms with Crippen molar-refractivity contribution in [3.63, 3.8) is 0 Å². The lowest BCUT2D eigenvalue weighted by Crippen LogP contribution is -2.35. The fourth-order valence-electron chi connectivity index (χ4n) is 4.30. The number of esters is 2. The van der Waals surface area contributed by atoms with Gasteiger partial charge >= 0.3 is 17.9 Å². The Labute approximate surface area is 193 Å². The summed E-state index contributed by atoms with van der Waals surface area (Å²) in [7, 11) is 0. The number of carbonyl (C=O) groups excluding carboxylic acids is 2. The average molecular weight is 455 g/mol. The lowest BCUT2D eigenvalue weighted by Gasteiger charge is -2.43. The Kier molecular flexibility index (Phi) is 6.54. The van der Waals surface area contributed by atoms with Gasteiger partial charge in [-0.05, 0) is 41.4 Å². The number of rotatable bonds is 6. The van der Waals surface area contributed by atoms with E-state index in [9.17, 15) is 14.4 Å². The van der Waals surface area contributed by atoms with Crippen molar-refractivity contribution >= 4 is 17.9 Å². The van der Waals surface area contributed by atoms with Crippen LogP contribution in [0.2, 0.25) is 0 Å². The standard InChI is InChI=1S/C26H30O7/c1-15(27)32-19-13-20(31-14-17-7-9-18(10-8-17)24(29)30)23(33-16(2)28)22-21(19)25(3,4)11-12-26(22,5)6/h7-10,13H,11-12,14H2,1-6H3,(H,29,30). The van der Waals surface area contributed by atoms with Crippen LogP contribution in [0.15, 0.2) is 30.3 Å². The van der Waals surface area contributed by atoms with Crippen LogP contribution in [0.1, 0.15) is 81.4 Å². The zero-order valence-electron chi connectivity index (χ0n) is 19.9. The highest BCUT2D eigenvalue weighted by atomic mass is 16.6. The molecule has 0 bridgehead atoms. The molecule has 0 aromatic heterocycles. The maximum absolute atomic E-state index is 12.0. The van der Waals surface area contributed by atoms with Crippen molar-refractivity contribution < 1.29 is 33.7 Å². The number of ether oxygens (including phenoxy) is 3. The Hall–Kier alpha value is -3.35. The van der Waals surface area contributed by atoms with Crippen LogP contribution in [0.3, 0.4) is 0 Å². The van der Waals surface area contributed by atoms with Crippen molar-refractivity contribution in [1.29, 1.82) is 0 Å². The minimum atomic E-state index is -1.01. The lowest BCUT2D eigenvalue weighted by atomic mass is 9.62. The molecular formula is C26H30O7. The highest BCUT2D eigenvalue weighted by molar-refractivity contribution is 5.87. The zero-order chi connectivity index (χ0) is 24.6. The summed E-state index contributed by atoms with van der Waals surface area (Å²) < 4.78 is 17.4. The van der Waals surface area contributed by atoms with E-state index in [1.165, 1.54) is 26.0 Å². The summed E-state index contributed by atoms with van der Waals surface area (Å²) in [4.78, 5) is 35.1. The van der Waals surface area contributed by atoms with Crippen LogP contribution in [0, 0.1) is 0 Å². The van der Waals surface area contributed by atoms with Gasteiger partial charge in [0.15, 0.2) is 11.5 Å². The molecule has 1 aliphatic rings. The first kappa shape index (κ1) is 24.3. The van der Waals surface area contributed by atoms with Crippen LogP contribution in [0.5, 0.6) is 17.2 Å². The molecular weight excluding hydrogens is 424 g/mol. The van der Waals surface area contributed by atoms with Crippen molar-refractivity contribution in [1.82, 2.24) is 0 Å². The highest BCUT2D eigenvalue weighted by Gasteiger charge is 2.43. The first-order chi connectivity index (χ1) is 15.3. The van der Waals surface area contributed by atoms with Gasteiger partial charge in [-0.15, -0.1) is 0 Å². The Balaban J connectivity index is 2.14. The molecule has 7 heteroatoms. The van der Waals surface area contributed by atoms with Gasteiger partial charge in [-0.2, -0.15) is 0 Å². The molecule has 2 aromatic rings. The van der Waals surface area contributed by atoms with Crippen molar-refractivity contribution in [2.75, 3.05) is 0 Å². The molecule has 0 atom stereocenters. The summed E-state index contributed by atoms with van der Waals surface area (Å²) in [5.74, 6) is -0.937. The Bertz CT molecular complexity index is 1090. The number of aromatic carboxylic acids is 1. The Morgan fingerprint density at radius 2 is 1.39 bits per heavy atom. The van der Waals surface area contributed by atoms with Gasteiger partial charge in [-0.1, -0.05) is 39.8 Å². The van der Waals surface area contributed by atoms with Gasteiger partial charge < -0.3 is 19.3 Å². The van der Waals surface area contributed by atoms with E-state index in [0.717, 1.165) is 29.5 Å². The monoisotopic (exact) mass is 454 g/mol. The van der Waals surface area contributed by atoms with Crippen LogP contribution >= 0.6 is 0 Å². The summed E-state index contributed by atoms with van der Waals surface area (Å²) >= 11 is 0. The van der Waals surface area contributed by atoms with Gasteiger partial charge in [0.25, 0.3) is 0 Å². The third-order valence-electron chi connectivity index (χ3n) is 6.03. The first-order valence-corrected chi connectivity index (χ1v) is 10.9.